The Morgan fingerprint density at radius 3 is 2.50 bits per heavy atom. The number of carbonyl (C=O) groups excluding carboxylic acids is 1. The van der Waals surface area contributed by atoms with Crippen molar-refractivity contribution in [3.63, 3.8) is 0 Å². The number of carbonyl (C=O) groups is 1. The van der Waals surface area contributed by atoms with Gasteiger partial charge in [-0.1, -0.05) is 11.6 Å². The van der Waals surface area contributed by atoms with Crippen LogP contribution in [0.3, 0.4) is 0 Å². The first-order chi connectivity index (χ1) is 13.8. The van der Waals surface area contributed by atoms with Crippen LogP contribution in [-0.2, 0) is 5.54 Å². The maximum absolute atomic E-state index is 14.7. The maximum Gasteiger partial charge on any atom is 0.277 e. The molecule has 11 heteroatoms. The Morgan fingerprint density at radius 2 is 1.90 bits per heavy atom. The van der Waals surface area contributed by atoms with E-state index in [0.29, 0.717) is 0 Å². The smallest absolute Gasteiger partial charge is 0.277 e. The molecule has 1 atom stereocenters. The quantitative estimate of drug-likeness (QED) is 0.543. The van der Waals surface area contributed by atoms with E-state index in [0.717, 1.165) is 18.3 Å². The van der Waals surface area contributed by atoms with Crippen LogP contribution >= 0.6 is 22.2 Å². The first-order valence-corrected chi connectivity index (χ1v) is 10.9. The van der Waals surface area contributed by atoms with Crippen LogP contribution in [-0.4, -0.2) is 36.3 Å². The fraction of sp³-hybridized carbons (Fsp3) is 0.316. The van der Waals surface area contributed by atoms with Crippen molar-refractivity contribution in [1.29, 1.82) is 0 Å². The van der Waals surface area contributed by atoms with Crippen LogP contribution < -0.4 is 11.1 Å². The predicted molar refractivity (Wildman–Crippen MR) is 114 cm³/mol. The fourth-order valence-corrected chi connectivity index (χ4v) is 4.99. The number of nitrogens with one attached hydrogen (secondary N) is 1. The summed E-state index contributed by atoms with van der Waals surface area (Å²) in [6.07, 6.45) is 1.13. The Morgan fingerprint density at radius 1 is 1.23 bits per heavy atom. The lowest BCUT2D eigenvalue weighted by Crippen LogP contribution is -2.52. The van der Waals surface area contributed by atoms with Crippen molar-refractivity contribution in [1.82, 2.24) is 4.98 Å². The summed E-state index contributed by atoms with van der Waals surface area (Å²) >= 11 is 5.64. The van der Waals surface area contributed by atoms with Crippen LogP contribution in [0.1, 0.15) is 36.8 Å². The van der Waals surface area contributed by atoms with Gasteiger partial charge in [0.2, 0.25) is 0 Å². The molecule has 5 N–H and O–H groups in total. The molecule has 0 spiro atoms. The Kier molecular flexibility index (Phi) is 5.57. The monoisotopic (exact) mass is 458 g/mol. The minimum atomic E-state index is -3.25. The zero-order valence-corrected chi connectivity index (χ0v) is 18.0. The number of benzene rings is 1. The lowest BCUT2D eigenvalue weighted by molar-refractivity contribution is 0.101. The lowest BCUT2D eigenvalue weighted by atomic mass is 9.92. The van der Waals surface area contributed by atoms with Gasteiger partial charge in [-0.2, -0.15) is 10.6 Å². The minimum Gasteiger partial charge on any atom is -0.386 e. The normalized spacial score (nSPS) is 23.4. The Labute approximate surface area is 178 Å². The maximum atomic E-state index is 14.7. The topological polar surface area (TPSA) is 121 Å². The number of nitrogens with zero attached hydrogens (tertiary/aromatic N) is 2. The first kappa shape index (κ1) is 22.4. The van der Waals surface area contributed by atoms with E-state index >= 15 is 0 Å². The molecule has 1 amide bonds. The Bertz CT molecular complexity index is 1060. The second kappa shape index (κ2) is 7.45. The van der Waals surface area contributed by atoms with Crippen molar-refractivity contribution in [2.75, 3.05) is 11.1 Å². The first-order valence-electron chi connectivity index (χ1n) is 8.80. The van der Waals surface area contributed by atoms with Crippen LogP contribution in [0.15, 0.2) is 35.5 Å². The molecule has 7 nitrogen and oxygen atoms in total. The van der Waals surface area contributed by atoms with E-state index in [1.807, 2.05) is 0 Å². The average molecular weight is 459 g/mol. The Balaban J connectivity index is 1.98. The number of rotatable bonds is 3. The Hall–Kier alpha value is -2.27. The highest BCUT2D eigenvalue weighted by molar-refractivity contribution is 8.26. The molecule has 0 saturated heterocycles. The zero-order chi connectivity index (χ0) is 22.5. The number of hydrogen-bond donors (Lipinski definition) is 4. The number of pyridine rings is 1. The molecular weight excluding hydrogens is 438 g/mol. The molecule has 1 aromatic heterocycles. The molecule has 3 rings (SSSR count). The van der Waals surface area contributed by atoms with Gasteiger partial charge in [0.1, 0.15) is 21.9 Å². The number of aliphatic imine (C=N–C) groups is 1. The third kappa shape index (κ3) is 3.87. The average Bonchev–Trinajstić information content (AvgIpc) is 2.61. The van der Waals surface area contributed by atoms with Gasteiger partial charge in [0.05, 0.1) is 10.8 Å². The highest BCUT2D eigenvalue weighted by atomic mass is 35.5. The van der Waals surface area contributed by atoms with Crippen LogP contribution in [0.25, 0.3) is 0 Å². The van der Waals surface area contributed by atoms with Crippen LogP contribution in [0.5, 0.6) is 0 Å². The largest absolute Gasteiger partial charge is 0.386 e. The molecule has 2 heterocycles. The number of hydrogen-bond acceptors (Lipinski definition) is 6. The summed E-state index contributed by atoms with van der Waals surface area (Å²) in [7, 11) is -3.25. The number of halogens is 3. The summed E-state index contributed by atoms with van der Waals surface area (Å²) in [5.74, 6) is -2.70. The zero-order valence-electron chi connectivity index (χ0n) is 16.4. The van der Waals surface area contributed by atoms with Gasteiger partial charge < -0.3 is 11.1 Å². The second-order valence-electron chi connectivity index (χ2n) is 7.73. The minimum absolute atomic E-state index is 0.00302. The molecule has 0 bridgehead atoms. The van der Waals surface area contributed by atoms with Crippen molar-refractivity contribution < 1.29 is 22.7 Å². The van der Waals surface area contributed by atoms with Crippen LogP contribution in [0.4, 0.5) is 14.5 Å². The number of nitrogens with two attached hydrogens (primary N) is 1. The van der Waals surface area contributed by atoms with E-state index in [1.165, 1.54) is 19.1 Å². The van der Waals surface area contributed by atoms with E-state index < -0.39 is 44.1 Å². The summed E-state index contributed by atoms with van der Waals surface area (Å²) in [5, 5.41) is 2.48. The molecule has 0 saturated carbocycles. The van der Waals surface area contributed by atoms with Gasteiger partial charge in [-0.05, 0) is 45.0 Å². The third-order valence-corrected chi connectivity index (χ3v) is 8.13. The summed E-state index contributed by atoms with van der Waals surface area (Å²) < 4.78 is 48.7. The van der Waals surface area contributed by atoms with Crippen molar-refractivity contribution in [3.05, 3.63) is 58.4 Å². The lowest BCUT2D eigenvalue weighted by Gasteiger charge is -2.53. The molecule has 0 aliphatic carbocycles. The standard InChI is InChI=1S/C19H21ClF2N4O3S/c1-18(2)17(23)26-19(3,9-30(18,28)29)12-7-11(4-5-13(12)21)25-16(27)15-14(22)6-10(20)8-24-15/h4-8,28-29H,9H2,1-3H3,(H2,23,26)(H,25,27)/t19-/m0/s1. The van der Waals surface area contributed by atoms with E-state index in [9.17, 15) is 22.7 Å². The van der Waals surface area contributed by atoms with Gasteiger partial charge in [0.15, 0.2) is 11.5 Å². The van der Waals surface area contributed by atoms with Gasteiger partial charge in [-0.15, -0.1) is 0 Å². The van der Waals surface area contributed by atoms with Gasteiger partial charge in [0.25, 0.3) is 5.91 Å². The van der Waals surface area contributed by atoms with E-state index in [1.54, 1.807) is 13.8 Å². The molecule has 1 aliphatic rings. The number of anilines is 1. The van der Waals surface area contributed by atoms with Gasteiger partial charge in [0, 0.05) is 17.4 Å². The SMILES string of the molecule is CC1(C)C(N)=N[C@](C)(c2cc(NC(=O)c3ncc(Cl)cc3F)ccc2F)CS1(O)O. The molecule has 0 fully saturated rings. The number of amides is 1. The molecule has 1 aliphatic heterocycles. The molecule has 30 heavy (non-hydrogen) atoms. The third-order valence-electron chi connectivity index (χ3n) is 5.11. The number of amidine groups is 1. The molecule has 1 aromatic carbocycles. The predicted octanol–water partition coefficient (Wildman–Crippen LogP) is 4.38. The van der Waals surface area contributed by atoms with Crippen molar-refractivity contribution in [2.24, 2.45) is 10.7 Å². The molecule has 0 unspecified atom stereocenters. The van der Waals surface area contributed by atoms with Gasteiger partial charge in [-0.25, -0.2) is 13.8 Å². The fourth-order valence-electron chi connectivity index (χ4n) is 3.10. The number of aromatic nitrogens is 1. The van der Waals surface area contributed by atoms with E-state index in [-0.39, 0.29) is 27.9 Å². The van der Waals surface area contributed by atoms with Gasteiger partial charge in [-0.3, -0.25) is 18.9 Å². The van der Waals surface area contributed by atoms with E-state index in [2.05, 4.69) is 15.3 Å². The molecule has 2 aromatic rings. The van der Waals surface area contributed by atoms with Crippen LogP contribution in [0, 0.1) is 11.6 Å². The summed E-state index contributed by atoms with van der Waals surface area (Å²) in [5.41, 5.74) is 4.26. The van der Waals surface area contributed by atoms with Gasteiger partial charge >= 0.3 is 0 Å². The highest BCUT2D eigenvalue weighted by Gasteiger charge is 2.49. The van der Waals surface area contributed by atoms with Crippen LogP contribution in [0.2, 0.25) is 5.02 Å². The van der Waals surface area contributed by atoms with Crippen molar-refractivity contribution in [3.8, 4) is 0 Å². The van der Waals surface area contributed by atoms with E-state index in [4.69, 9.17) is 17.3 Å². The van der Waals surface area contributed by atoms with Crippen molar-refractivity contribution in [2.45, 2.75) is 31.1 Å². The second-order valence-corrected chi connectivity index (χ2v) is 10.8. The van der Waals surface area contributed by atoms with Crippen molar-refractivity contribution >= 4 is 39.6 Å². The highest BCUT2D eigenvalue weighted by Crippen LogP contribution is 2.59. The molecule has 0 radical (unpaired) electrons. The summed E-state index contributed by atoms with van der Waals surface area (Å²) in [6.45, 7) is 4.64. The molecular formula is C19H21ClF2N4O3S. The molecule has 162 valence electrons. The summed E-state index contributed by atoms with van der Waals surface area (Å²) in [4.78, 5) is 20.4. The summed E-state index contributed by atoms with van der Waals surface area (Å²) in [6, 6.07) is 4.63.